The van der Waals surface area contributed by atoms with Crippen LogP contribution >= 0.6 is 23.4 Å². The van der Waals surface area contributed by atoms with Gasteiger partial charge < -0.3 is 10.1 Å². The zero-order valence-electron chi connectivity index (χ0n) is 13.0. The normalized spacial score (nSPS) is 18.3. The van der Waals surface area contributed by atoms with Crippen molar-refractivity contribution in [3.05, 3.63) is 28.8 Å². The summed E-state index contributed by atoms with van der Waals surface area (Å²) in [4.78, 5) is 23.5. The first kappa shape index (κ1) is 19.6. The Morgan fingerprint density at radius 2 is 2.20 bits per heavy atom. The number of nitrogens with zero attached hydrogens (tertiary/aromatic N) is 1. The molecule has 1 saturated heterocycles. The number of carbonyl (C=O) groups is 2. The van der Waals surface area contributed by atoms with Crippen LogP contribution in [-0.2, 0) is 24.2 Å². The van der Waals surface area contributed by atoms with Crippen molar-refractivity contribution in [3.63, 3.8) is 0 Å². The van der Waals surface area contributed by atoms with Gasteiger partial charge in [-0.15, -0.1) is 11.8 Å². The van der Waals surface area contributed by atoms with Gasteiger partial charge in [-0.25, -0.2) is 8.42 Å². The highest BCUT2D eigenvalue weighted by Gasteiger charge is 2.28. The van der Waals surface area contributed by atoms with Crippen LogP contribution in [0.1, 0.15) is 12.0 Å². The third-order valence-electron chi connectivity index (χ3n) is 3.37. The van der Waals surface area contributed by atoms with Crippen LogP contribution in [0, 0.1) is 11.3 Å². The van der Waals surface area contributed by atoms with Gasteiger partial charge in [-0.2, -0.15) is 5.26 Å². The van der Waals surface area contributed by atoms with Gasteiger partial charge in [0.05, 0.1) is 28.5 Å². The Bertz CT molecular complexity index is 820. The van der Waals surface area contributed by atoms with Gasteiger partial charge >= 0.3 is 5.97 Å². The molecule has 0 radical (unpaired) electrons. The molecule has 1 aromatic carbocycles. The number of ether oxygens (including phenoxy) is 1. The van der Waals surface area contributed by atoms with Crippen LogP contribution in [0.15, 0.2) is 18.2 Å². The van der Waals surface area contributed by atoms with Gasteiger partial charge in [0.2, 0.25) is 0 Å². The monoisotopic (exact) mass is 402 g/mol. The summed E-state index contributed by atoms with van der Waals surface area (Å²) < 4.78 is 27.5. The lowest BCUT2D eigenvalue weighted by Gasteiger charge is -2.09. The average Bonchev–Trinajstić information content (AvgIpc) is 2.90. The Hall–Kier alpha value is -1.76. The molecule has 0 unspecified atom stereocenters. The van der Waals surface area contributed by atoms with Gasteiger partial charge in [0.15, 0.2) is 16.4 Å². The van der Waals surface area contributed by atoms with Crippen molar-refractivity contribution in [2.24, 2.45) is 0 Å². The Morgan fingerprint density at radius 3 is 2.84 bits per heavy atom. The number of anilines is 1. The van der Waals surface area contributed by atoms with Gasteiger partial charge in [-0.05, 0) is 24.6 Å². The number of benzene rings is 1. The van der Waals surface area contributed by atoms with Crippen LogP contribution in [0.3, 0.4) is 0 Å². The SMILES string of the molecule is N#Cc1ccc(Cl)cc1NC(=O)COC(=O)CS[C@@H]1CCS(=O)(=O)C1. The summed E-state index contributed by atoms with van der Waals surface area (Å²) in [5.74, 6) is -1.01. The van der Waals surface area contributed by atoms with E-state index in [0.717, 1.165) is 0 Å². The summed E-state index contributed by atoms with van der Waals surface area (Å²) in [6.07, 6.45) is 0.520. The number of halogens is 1. The van der Waals surface area contributed by atoms with E-state index in [1.54, 1.807) is 0 Å². The number of sulfone groups is 1. The summed E-state index contributed by atoms with van der Waals surface area (Å²) in [6, 6.07) is 6.34. The predicted octanol–water partition coefficient (Wildman–Crippen LogP) is 1.61. The number of esters is 1. The van der Waals surface area contributed by atoms with Crippen LogP contribution < -0.4 is 5.32 Å². The van der Waals surface area contributed by atoms with E-state index >= 15 is 0 Å². The first-order valence-electron chi connectivity index (χ1n) is 7.26. The number of thioether (sulfide) groups is 1. The summed E-state index contributed by atoms with van der Waals surface area (Å²) >= 11 is 7.03. The molecule has 0 bridgehead atoms. The largest absolute Gasteiger partial charge is 0.455 e. The lowest BCUT2D eigenvalue weighted by Crippen LogP contribution is -2.22. The molecule has 7 nitrogen and oxygen atoms in total. The van der Waals surface area contributed by atoms with Crippen LogP contribution in [0.4, 0.5) is 5.69 Å². The molecule has 0 aromatic heterocycles. The van der Waals surface area contributed by atoms with E-state index in [4.69, 9.17) is 21.6 Å². The highest BCUT2D eigenvalue weighted by atomic mass is 35.5. The van der Waals surface area contributed by atoms with E-state index in [1.165, 1.54) is 30.0 Å². The molecule has 1 aliphatic rings. The van der Waals surface area contributed by atoms with Crippen molar-refractivity contribution in [1.29, 1.82) is 5.26 Å². The maximum absolute atomic E-state index is 11.8. The summed E-state index contributed by atoms with van der Waals surface area (Å²) in [5, 5.41) is 11.7. The second-order valence-electron chi connectivity index (χ2n) is 5.35. The van der Waals surface area contributed by atoms with Crippen molar-refractivity contribution >= 4 is 50.8 Å². The van der Waals surface area contributed by atoms with Crippen molar-refractivity contribution in [2.45, 2.75) is 11.7 Å². The molecular formula is C15H15ClN2O5S2. The Kier molecular flexibility index (Phi) is 6.70. The van der Waals surface area contributed by atoms with Crippen LogP contribution in [0.2, 0.25) is 5.02 Å². The first-order valence-corrected chi connectivity index (χ1v) is 10.5. The van der Waals surface area contributed by atoms with Crippen molar-refractivity contribution in [3.8, 4) is 6.07 Å². The third-order valence-corrected chi connectivity index (χ3v) is 6.86. The molecule has 10 heteroatoms. The quantitative estimate of drug-likeness (QED) is 0.719. The minimum atomic E-state index is -2.99. The summed E-state index contributed by atoms with van der Waals surface area (Å²) in [5.41, 5.74) is 0.476. The van der Waals surface area contributed by atoms with Crippen molar-refractivity contribution in [2.75, 3.05) is 29.2 Å². The second kappa shape index (κ2) is 8.56. The number of rotatable bonds is 6. The molecule has 0 spiro atoms. The smallest absolute Gasteiger partial charge is 0.316 e. The Balaban J connectivity index is 1.76. The molecule has 1 N–H and O–H groups in total. The van der Waals surface area contributed by atoms with Gasteiger partial charge in [0.25, 0.3) is 5.91 Å². The van der Waals surface area contributed by atoms with E-state index in [9.17, 15) is 18.0 Å². The molecule has 2 rings (SSSR count). The minimum absolute atomic E-state index is 0.0198. The topological polar surface area (TPSA) is 113 Å². The van der Waals surface area contributed by atoms with Crippen molar-refractivity contribution < 1.29 is 22.7 Å². The van der Waals surface area contributed by atoms with Gasteiger partial charge in [0.1, 0.15) is 6.07 Å². The maximum Gasteiger partial charge on any atom is 0.316 e. The standard InChI is InChI=1S/C15H15ClN2O5S2/c16-11-2-1-10(6-17)13(5-11)18-14(19)7-23-15(20)8-24-12-3-4-25(21,22)9-12/h1-2,5,12H,3-4,7-9H2,(H,18,19)/t12-/m1/s1. The number of hydrogen-bond donors (Lipinski definition) is 1. The number of nitrogens with one attached hydrogen (secondary N) is 1. The van der Waals surface area contributed by atoms with Crippen LogP contribution in [0.25, 0.3) is 0 Å². The zero-order chi connectivity index (χ0) is 18.4. The Labute approximate surface area is 154 Å². The van der Waals surface area contributed by atoms with Crippen LogP contribution in [-0.4, -0.2) is 49.4 Å². The molecule has 1 aromatic rings. The molecule has 1 heterocycles. The maximum atomic E-state index is 11.8. The fraction of sp³-hybridized carbons (Fsp3) is 0.400. The van der Waals surface area contributed by atoms with Gasteiger partial charge in [-0.1, -0.05) is 11.6 Å². The molecular weight excluding hydrogens is 388 g/mol. The van der Waals surface area contributed by atoms with E-state index in [0.29, 0.717) is 11.4 Å². The third kappa shape index (κ3) is 6.23. The molecule has 1 fully saturated rings. The lowest BCUT2D eigenvalue weighted by molar-refractivity contribution is -0.144. The fourth-order valence-corrected chi connectivity index (χ4v) is 5.78. The van der Waals surface area contributed by atoms with Gasteiger partial charge in [-0.3, -0.25) is 9.59 Å². The average molecular weight is 403 g/mol. The fourth-order valence-electron chi connectivity index (χ4n) is 2.17. The molecule has 0 aliphatic carbocycles. The molecule has 134 valence electrons. The highest BCUT2D eigenvalue weighted by Crippen LogP contribution is 2.24. The van der Waals surface area contributed by atoms with E-state index in [2.05, 4.69) is 5.32 Å². The number of hydrogen-bond acceptors (Lipinski definition) is 7. The summed E-state index contributed by atoms with van der Waals surface area (Å²) in [7, 11) is -2.99. The van der Waals surface area contributed by atoms with E-state index < -0.39 is 28.3 Å². The molecule has 1 aliphatic heterocycles. The van der Waals surface area contributed by atoms with E-state index in [-0.39, 0.29) is 33.8 Å². The highest BCUT2D eigenvalue weighted by molar-refractivity contribution is 8.02. The number of amides is 1. The lowest BCUT2D eigenvalue weighted by atomic mass is 10.2. The van der Waals surface area contributed by atoms with Crippen molar-refractivity contribution in [1.82, 2.24) is 0 Å². The van der Waals surface area contributed by atoms with E-state index in [1.807, 2.05) is 6.07 Å². The van der Waals surface area contributed by atoms with Crippen LogP contribution in [0.5, 0.6) is 0 Å². The Morgan fingerprint density at radius 1 is 1.44 bits per heavy atom. The first-order chi connectivity index (χ1) is 11.8. The molecule has 0 saturated carbocycles. The zero-order valence-corrected chi connectivity index (χ0v) is 15.4. The molecule has 25 heavy (non-hydrogen) atoms. The minimum Gasteiger partial charge on any atom is -0.455 e. The van der Waals surface area contributed by atoms with Gasteiger partial charge in [0, 0.05) is 10.3 Å². The number of nitriles is 1. The summed E-state index contributed by atoms with van der Waals surface area (Å²) in [6.45, 7) is -0.500. The predicted molar refractivity (Wildman–Crippen MR) is 95.3 cm³/mol. The number of carbonyl (C=O) groups excluding carboxylic acids is 2. The second-order valence-corrected chi connectivity index (χ2v) is 9.30. The molecule has 1 atom stereocenters. The molecule has 1 amide bonds.